The van der Waals surface area contributed by atoms with Crippen molar-refractivity contribution >= 4 is 24.3 Å². The molecule has 0 aliphatic heterocycles. The third-order valence-electron chi connectivity index (χ3n) is 10.5. The molecule has 0 radical (unpaired) electrons. The summed E-state index contributed by atoms with van der Waals surface area (Å²) in [6.07, 6.45) is 3.04. The topological polar surface area (TPSA) is 116 Å². The average Bonchev–Trinajstić information content (AvgIpc) is 3.12. The zero-order valence-corrected chi connectivity index (χ0v) is 26.3. The van der Waals surface area contributed by atoms with Crippen molar-refractivity contribution in [2.24, 2.45) is 22.4 Å². The normalized spacial score (nSPS) is 30.1. The van der Waals surface area contributed by atoms with Crippen molar-refractivity contribution in [2.45, 2.75) is 101 Å². The van der Waals surface area contributed by atoms with Gasteiger partial charge in [0.1, 0.15) is 11.9 Å². The number of hydrogen-bond donors (Lipinski definition) is 2. The second-order valence-electron chi connectivity index (χ2n) is 13.9. The minimum absolute atomic E-state index is 0.110. The molecule has 0 bridgehead atoms. The Hall–Kier alpha value is -2.20. The molecule has 0 amide bonds. The lowest BCUT2D eigenvalue weighted by molar-refractivity contribution is -0.0583. The molecule has 9 heteroatoms. The van der Waals surface area contributed by atoms with Crippen molar-refractivity contribution in [3.63, 3.8) is 0 Å². The number of hydrogen-bond acceptors (Lipinski definition) is 6. The molecular formula is C31H43NO6SSi. The molecule has 2 aromatic rings. The van der Waals surface area contributed by atoms with Gasteiger partial charge in [0, 0.05) is 5.41 Å². The SMILES string of the molecule is CC(C)(C)[Si](C)(C)Oc1ccc2c(c1)CCC1C2CC[C@@]2(C)C1C[C@@H](OC(=O)c1cccc(S(N)(=O)=O)c1)[C@@H]2O. The first kappa shape index (κ1) is 29.3. The lowest BCUT2D eigenvalue weighted by Crippen LogP contribution is -2.45. The van der Waals surface area contributed by atoms with Gasteiger partial charge in [0.25, 0.3) is 0 Å². The van der Waals surface area contributed by atoms with Crippen molar-refractivity contribution in [1.82, 2.24) is 0 Å². The summed E-state index contributed by atoms with van der Waals surface area (Å²) in [4.78, 5) is 12.9. The smallest absolute Gasteiger partial charge is 0.338 e. The number of carbonyl (C=O) groups excluding carboxylic acids is 1. The number of rotatable bonds is 5. The molecule has 0 aromatic heterocycles. The Bertz CT molecular complexity index is 1420. The van der Waals surface area contributed by atoms with E-state index in [1.54, 1.807) is 0 Å². The number of ether oxygens (including phenoxy) is 1. The molecule has 0 heterocycles. The summed E-state index contributed by atoms with van der Waals surface area (Å²) in [5.41, 5.74) is 2.55. The predicted octanol–water partition coefficient (Wildman–Crippen LogP) is 5.77. The summed E-state index contributed by atoms with van der Waals surface area (Å²) < 4.78 is 35.9. The van der Waals surface area contributed by atoms with E-state index in [9.17, 15) is 18.3 Å². The van der Waals surface area contributed by atoms with Crippen LogP contribution in [0.3, 0.4) is 0 Å². The van der Waals surface area contributed by atoms with Gasteiger partial charge in [-0.1, -0.05) is 39.8 Å². The van der Waals surface area contributed by atoms with E-state index in [0.29, 0.717) is 18.3 Å². The summed E-state index contributed by atoms with van der Waals surface area (Å²) in [7, 11) is -5.87. The Morgan fingerprint density at radius 2 is 1.85 bits per heavy atom. The molecule has 0 saturated heterocycles. The lowest BCUT2D eigenvalue weighted by Gasteiger charge is -2.49. The Morgan fingerprint density at radius 3 is 2.52 bits per heavy atom. The van der Waals surface area contributed by atoms with Crippen molar-refractivity contribution in [3.8, 4) is 5.75 Å². The van der Waals surface area contributed by atoms with Crippen molar-refractivity contribution < 1.29 is 27.5 Å². The first-order chi connectivity index (χ1) is 18.5. The molecular weight excluding hydrogens is 542 g/mol. The Morgan fingerprint density at radius 1 is 1.12 bits per heavy atom. The maximum Gasteiger partial charge on any atom is 0.338 e. The van der Waals surface area contributed by atoms with Gasteiger partial charge in [-0.25, -0.2) is 18.4 Å². The van der Waals surface area contributed by atoms with Gasteiger partial charge in [0.2, 0.25) is 18.3 Å². The van der Waals surface area contributed by atoms with Gasteiger partial charge in [-0.15, -0.1) is 0 Å². The number of aryl methyl sites for hydroxylation is 1. The number of aliphatic hydroxyl groups excluding tert-OH is 1. The molecule has 3 unspecified atom stereocenters. The Labute approximate surface area is 239 Å². The number of esters is 1. The molecule has 5 rings (SSSR count). The predicted molar refractivity (Wildman–Crippen MR) is 157 cm³/mol. The summed E-state index contributed by atoms with van der Waals surface area (Å²) >= 11 is 0. The van der Waals surface area contributed by atoms with Crippen LogP contribution in [0.4, 0.5) is 0 Å². The summed E-state index contributed by atoms with van der Waals surface area (Å²) in [6.45, 7) is 13.4. The number of sulfonamides is 1. The van der Waals surface area contributed by atoms with Crippen LogP contribution in [0.1, 0.15) is 80.8 Å². The second kappa shape index (κ2) is 9.96. The quantitative estimate of drug-likeness (QED) is 0.340. The highest BCUT2D eigenvalue weighted by molar-refractivity contribution is 7.89. The molecule has 2 fully saturated rings. The summed E-state index contributed by atoms with van der Waals surface area (Å²) in [6, 6.07) is 12.2. The highest BCUT2D eigenvalue weighted by Crippen LogP contribution is 2.61. The first-order valence-corrected chi connectivity index (χ1v) is 18.8. The van der Waals surface area contributed by atoms with E-state index in [1.165, 1.54) is 35.4 Å². The fraction of sp³-hybridized carbons (Fsp3) is 0.581. The van der Waals surface area contributed by atoms with Crippen LogP contribution in [0.25, 0.3) is 0 Å². The second-order valence-corrected chi connectivity index (χ2v) is 20.2. The molecule has 3 aliphatic carbocycles. The Balaban J connectivity index is 1.33. The van der Waals surface area contributed by atoms with Crippen LogP contribution in [0.15, 0.2) is 47.4 Å². The third kappa shape index (κ3) is 5.14. The van der Waals surface area contributed by atoms with E-state index in [1.807, 2.05) is 0 Å². The molecule has 40 heavy (non-hydrogen) atoms. The zero-order chi connectivity index (χ0) is 29.3. The van der Waals surface area contributed by atoms with E-state index in [2.05, 4.69) is 59.0 Å². The van der Waals surface area contributed by atoms with E-state index in [0.717, 1.165) is 31.4 Å². The van der Waals surface area contributed by atoms with E-state index >= 15 is 0 Å². The number of aliphatic hydroxyl groups is 1. The summed E-state index contributed by atoms with van der Waals surface area (Å²) in [5, 5.41) is 16.8. The minimum atomic E-state index is -3.94. The van der Waals surface area contributed by atoms with Crippen LogP contribution in [0.2, 0.25) is 18.1 Å². The Kier molecular flexibility index (Phi) is 7.30. The van der Waals surface area contributed by atoms with Gasteiger partial charge in [-0.2, -0.15) is 0 Å². The molecule has 3 aliphatic rings. The van der Waals surface area contributed by atoms with Crippen molar-refractivity contribution in [2.75, 3.05) is 0 Å². The van der Waals surface area contributed by atoms with Gasteiger partial charge >= 0.3 is 5.97 Å². The van der Waals surface area contributed by atoms with E-state index in [4.69, 9.17) is 14.3 Å². The molecule has 0 spiro atoms. The van der Waals surface area contributed by atoms with Crippen LogP contribution in [0.5, 0.6) is 5.75 Å². The van der Waals surface area contributed by atoms with Crippen LogP contribution >= 0.6 is 0 Å². The van der Waals surface area contributed by atoms with Crippen LogP contribution in [0, 0.1) is 17.3 Å². The molecule has 218 valence electrons. The highest BCUT2D eigenvalue weighted by Gasteiger charge is 2.59. The first-order valence-electron chi connectivity index (χ1n) is 14.3. The van der Waals surface area contributed by atoms with Gasteiger partial charge in [-0.3, -0.25) is 0 Å². The minimum Gasteiger partial charge on any atom is -0.543 e. The molecule has 7 nitrogen and oxygen atoms in total. The number of benzene rings is 2. The van der Waals surface area contributed by atoms with Crippen LogP contribution in [-0.4, -0.2) is 40.0 Å². The number of primary sulfonamides is 1. The standard InChI is InChI=1S/C31H43NO6SSi/c1-30(2,3)40(5,6)38-21-11-13-23-19(16-21)10-12-25-24(23)14-15-31(4)26(25)18-27(28(31)33)37-29(34)20-8-7-9-22(17-20)39(32,35)36/h7-9,11,13,16-17,24-28,33H,10,12,14-15,18H2,1-6H3,(H2,32,35,36)/t24?,25?,26?,27-,28+,31+/m1/s1. The molecule has 2 saturated carbocycles. The monoisotopic (exact) mass is 585 g/mol. The fourth-order valence-corrected chi connectivity index (χ4v) is 8.73. The number of nitrogens with two attached hydrogens (primary N) is 1. The molecule has 2 aromatic carbocycles. The van der Waals surface area contributed by atoms with Crippen molar-refractivity contribution in [3.05, 3.63) is 59.2 Å². The number of carbonyl (C=O) groups is 1. The van der Waals surface area contributed by atoms with E-state index < -0.39 is 36.5 Å². The fourth-order valence-electron chi connectivity index (χ4n) is 7.15. The third-order valence-corrected chi connectivity index (χ3v) is 15.8. The maximum atomic E-state index is 13.0. The largest absolute Gasteiger partial charge is 0.543 e. The van der Waals surface area contributed by atoms with Gasteiger partial charge in [0.15, 0.2) is 0 Å². The zero-order valence-electron chi connectivity index (χ0n) is 24.4. The highest BCUT2D eigenvalue weighted by atomic mass is 32.2. The van der Waals surface area contributed by atoms with Gasteiger partial charge in [-0.05, 0) is 109 Å². The molecule has 3 N–H and O–H groups in total. The average molecular weight is 586 g/mol. The van der Waals surface area contributed by atoms with Gasteiger partial charge in [0.05, 0.1) is 16.6 Å². The maximum absolute atomic E-state index is 13.0. The van der Waals surface area contributed by atoms with E-state index in [-0.39, 0.29) is 26.8 Å². The van der Waals surface area contributed by atoms with Crippen molar-refractivity contribution in [1.29, 1.82) is 0 Å². The van der Waals surface area contributed by atoms with Crippen LogP contribution < -0.4 is 9.56 Å². The van der Waals surface area contributed by atoms with Gasteiger partial charge < -0.3 is 14.3 Å². The molecule has 6 atom stereocenters. The lowest BCUT2D eigenvalue weighted by atomic mass is 9.55. The number of fused-ring (bicyclic) bond motifs is 5. The summed E-state index contributed by atoms with van der Waals surface area (Å²) in [5.74, 6) is 1.38. The van der Waals surface area contributed by atoms with Crippen LogP contribution in [-0.2, 0) is 21.2 Å².